The molecule has 0 spiro atoms. The average molecular weight is 125 g/mol. The van der Waals surface area contributed by atoms with Crippen LogP contribution in [0.3, 0.4) is 0 Å². The van der Waals surface area contributed by atoms with Crippen LogP contribution in [-0.2, 0) is 0 Å². The van der Waals surface area contributed by atoms with Crippen molar-refractivity contribution in [1.29, 1.82) is 5.26 Å². The van der Waals surface area contributed by atoms with Crippen LogP contribution in [0.5, 0.6) is 0 Å². The number of nitrogens with zero attached hydrogens (tertiary/aromatic N) is 3. The largest absolute Gasteiger partial charge is 0.268 e. The topological polar surface area (TPSA) is 41.6 Å². The molecule has 1 aromatic heterocycles. The number of rotatable bonds is 1. The molecule has 0 saturated carbocycles. The first-order valence-corrected chi connectivity index (χ1v) is 2.75. The van der Waals surface area contributed by atoms with Gasteiger partial charge in [-0.3, -0.25) is 3.97 Å². The van der Waals surface area contributed by atoms with E-state index < -0.39 is 0 Å². The van der Waals surface area contributed by atoms with Crippen molar-refractivity contribution < 1.29 is 0 Å². The Morgan fingerprint density at radius 2 is 2.62 bits per heavy atom. The minimum Gasteiger partial charge on any atom is -0.268 e. The van der Waals surface area contributed by atoms with Gasteiger partial charge in [0, 0.05) is 12.4 Å². The normalized spacial score (nSPS) is 8.38. The maximum absolute atomic E-state index is 8.10. The molecule has 0 bridgehead atoms. The molecule has 1 rings (SSSR count). The van der Waals surface area contributed by atoms with Crippen LogP contribution in [0.15, 0.2) is 18.7 Å². The fraction of sp³-hybridized carbons (Fsp3) is 0. The lowest BCUT2D eigenvalue weighted by Crippen LogP contribution is -1.73. The maximum Gasteiger partial charge on any atom is 0.156 e. The van der Waals surface area contributed by atoms with Crippen molar-refractivity contribution in [3.63, 3.8) is 0 Å². The molecular formula is C4H3N3S. The van der Waals surface area contributed by atoms with E-state index >= 15 is 0 Å². The Kier molecular flexibility index (Phi) is 1.55. The zero-order chi connectivity index (χ0) is 5.82. The van der Waals surface area contributed by atoms with Gasteiger partial charge in [0.05, 0.1) is 11.9 Å². The summed E-state index contributed by atoms with van der Waals surface area (Å²) in [5.74, 6) is 0. The Hall–Kier alpha value is -0.950. The number of hydrogen-bond acceptors (Lipinski definition) is 3. The van der Waals surface area contributed by atoms with Gasteiger partial charge in [0.15, 0.2) is 5.40 Å². The Morgan fingerprint density at radius 3 is 3.12 bits per heavy atom. The summed E-state index contributed by atoms with van der Waals surface area (Å²) in [6.45, 7) is 0. The molecule has 1 aromatic rings. The summed E-state index contributed by atoms with van der Waals surface area (Å²) in [4.78, 5) is 3.73. The second-order valence-corrected chi connectivity index (χ2v) is 1.89. The van der Waals surface area contributed by atoms with Crippen LogP contribution in [0.4, 0.5) is 0 Å². The monoisotopic (exact) mass is 125 g/mol. The second kappa shape index (κ2) is 2.38. The van der Waals surface area contributed by atoms with E-state index in [0.29, 0.717) is 0 Å². The highest BCUT2D eigenvalue weighted by Gasteiger charge is 1.83. The number of nitriles is 1. The highest BCUT2D eigenvalue weighted by molar-refractivity contribution is 8.02. The van der Waals surface area contributed by atoms with Crippen molar-refractivity contribution in [3.05, 3.63) is 18.7 Å². The lowest BCUT2D eigenvalue weighted by molar-refractivity contribution is 1.24. The van der Waals surface area contributed by atoms with Gasteiger partial charge < -0.3 is 0 Å². The highest BCUT2D eigenvalue weighted by atomic mass is 32.2. The second-order valence-electron chi connectivity index (χ2n) is 1.11. The van der Waals surface area contributed by atoms with E-state index in [1.165, 1.54) is 0 Å². The maximum atomic E-state index is 8.10. The highest BCUT2D eigenvalue weighted by Crippen LogP contribution is 1.99. The zero-order valence-corrected chi connectivity index (χ0v) is 4.80. The summed E-state index contributed by atoms with van der Waals surface area (Å²) in [6.07, 6.45) is 4.92. The summed E-state index contributed by atoms with van der Waals surface area (Å²) in [6, 6.07) is 0. The molecule has 4 heteroatoms. The summed E-state index contributed by atoms with van der Waals surface area (Å²) in [5, 5.41) is 10.0. The number of imidazole rings is 1. The van der Waals surface area contributed by atoms with Crippen molar-refractivity contribution in [3.8, 4) is 5.40 Å². The first-order valence-electron chi connectivity index (χ1n) is 1.98. The molecule has 1 heterocycles. The van der Waals surface area contributed by atoms with Gasteiger partial charge in [-0.2, -0.15) is 5.26 Å². The molecule has 0 aliphatic heterocycles. The summed E-state index contributed by atoms with van der Waals surface area (Å²) >= 11 is 1.04. The summed E-state index contributed by atoms with van der Waals surface area (Å²) in [5.41, 5.74) is 0. The van der Waals surface area contributed by atoms with Crippen molar-refractivity contribution in [1.82, 2.24) is 8.96 Å². The molecule has 0 atom stereocenters. The molecule has 0 aliphatic carbocycles. The molecule has 8 heavy (non-hydrogen) atoms. The van der Waals surface area contributed by atoms with E-state index in [9.17, 15) is 0 Å². The summed E-state index contributed by atoms with van der Waals surface area (Å²) < 4.78 is 1.62. The first-order chi connectivity index (χ1) is 3.93. The van der Waals surface area contributed by atoms with Crippen LogP contribution in [0.1, 0.15) is 0 Å². The number of thiocyanates is 1. The first kappa shape index (κ1) is 5.19. The molecule has 0 fully saturated rings. The standard InChI is InChI=1S/C4H3N3S/c5-3-8-7-2-1-6-4-7/h1-2,4H. The van der Waals surface area contributed by atoms with Gasteiger partial charge in [0.25, 0.3) is 0 Å². The predicted octanol–water partition coefficient (Wildman–Crippen LogP) is 0.860. The molecule has 40 valence electrons. The van der Waals surface area contributed by atoms with Crippen LogP contribution in [-0.4, -0.2) is 8.96 Å². The predicted molar refractivity (Wildman–Crippen MR) is 30.8 cm³/mol. The minimum atomic E-state index is 1.04. The zero-order valence-electron chi connectivity index (χ0n) is 3.98. The van der Waals surface area contributed by atoms with Gasteiger partial charge in [-0.1, -0.05) is 0 Å². The van der Waals surface area contributed by atoms with Gasteiger partial charge in [-0.15, -0.1) is 0 Å². The molecule has 0 N–H and O–H groups in total. The third-order valence-corrected chi connectivity index (χ3v) is 1.13. The van der Waals surface area contributed by atoms with Crippen LogP contribution in [0, 0.1) is 10.7 Å². The van der Waals surface area contributed by atoms with Crippen molar-refractivity contribution in [2.24, 2.45) is 0 Å². The average Bonchev–Trinajstić information content (AvgIpc) is 2.19. The molecule has 0 unspecified atom stereocenters. The van der Waals surface area contributed by atoms with E-state index in [2.05, 4.69) is 4.98 Å². The van der Waals surface area contributed by atoms with Crippen molar-refractivity contribution in [2.45, 2.75) is 0 Å². The van der Waals surface area contributed by atoms with Gasteiger partial charge in [-0.05, 0) is 0 Å². The van der Waals surface area contributed by atoms with Crippen LogP contribution in [0.25, 0.3) is 0 Å². The van der Waals surface area contributed by atoms with Gasteiger partial charge in [0.2, 0.25) is 0 Å². The number of hydrogen-bond donors (Lipinski definition) is 0. The fourth-order valence-corrected chi connectivity index (χ4v) is 0.659. The number of aromatic nitrogens is 2. The molecular weight excluding hydrogens is 122 g/mol. The van der Waals surface area contributed by atoms with Gasteiger partial charge >= 0.3 is 0 Å². The van der Waals surface area contributed by atoms with Crippen LogP contribution >= 0.6 is 11.9 Å². The van der Waals surface area contributed by atoms with Crippen LogP contribution < -0.4 is 0 Å². The lowest BCUT2D eigenvalue weighted by atomic mass is 11.0. The lowest BCUT2D eigenvalue weighted by Gasteiger charge is -1.83. The molecule has 0 radical (unpaired) electrons. The summed E-state index contributed by atoms with van der Waals surface area (Å²) in [7, 11) is 0. The Balaban J connectivity index is 2.67. The molecule has 0 aromatic carbocycles. The SMILES string of the molecule is N#CSn1ccnc1. The van der Waals surface area contributed by atoms with Gasteiger partial charge in [0.1, 0.15) is 6.33 Å². The van der Waals surface area contributed by atoms with Crippen LogP contribution in [0.2, 0.25) is 0 Å². The molecule has 3 nitrogen and oxygen atoms in total. The quantitative estimate of drug-likeness (QED) is 0.523. The molecule has 0 aliphatic rings. The van der Waals surface area contributed by atoms with E-state index in [0.717, 1.165) is 11.9 Å². The van der Waals surface area contributed by atoms with E-state index in [1.807, 2.05) is 5.40 Å². The molecule has 0 saturated heterocycles. The Morgan fingerprint density at radius 1 is 1.75 bits per heavy atom. The molecule has 0 amide bonds. The van der Waals surface area contributed by atoms with Crippen molar-refractivity contribution >= 4 is 11.9 Å². The van der Waals surface area contributed by atoms with E-state index in [-0.39, 0.29) is 0 Å². The fourth-order valence-electron chi connectivity index (χ4n) is 0.348. The minimum absolute atomic E-state index is 1.04. The smallest absolute Gasteiger partial charge is 0.156 e. The van der Waals surface area contributed by atoms with E-state index in [1.54, 1.807) is 22.7 Å². The Labute approximate surface area is 51.1 Å². The Bertz CT molecular complexity index is 186. The third-order valence-electron chi connectivity index (χ3n) is 0.626. The van der Waals surface area contributed by atoms with Gasteiger partial charge in [-0.25, -0.2) is 4.98 Å². The van der Waals surface area contributed by atoms with E-state index in [4.69, 9.17) is 5.26 Å². The third kappa shape index (κ3) is 1.01. The van der Waals surface area contributed by atoms with Crippen molar-refractivity contribution in [2.75, 3.05) is 0 Å².